The summed E-state index contributed by atoms with van der Waals surface area (Å²) in [4.78, 5) is 19.6. The fourth-order valence-corrected chi connectivity index (χ4v) is 6.15. The molecule has 0 atom stereocenters. The van der Waals surface area contributed by atoms with Gasteiger partial charge in [-0.15, -0.1) is 0 Å². The molecule has 234 valence electrons. The highest BCUT2D eigenvalue weighted by Gasteiger charge is 2.17. The Kier molecular flexibility index (Phi) is 7.76. The molecule has 0 spiro atoms. The molecule has 0 amide bonds. The van der Waals surface area contributed by atoms with Crippen LogP contribution in [0.2, 0.25) is 0 Å². The van der Waals surface area contributed by atoms with Crippen molar-refractivity contribution < 1.29 is 13.9 Å². The highest BCUT2D eigenvalue weighted by molar-refractivity contribution is 6.00. The number of hydrogen-bond donors (Lipinski definition) is 2. The van der Waals surface area contributed by atoms with Crippen molar-refractivity contribution in [2.75, 3.05) is 26.2 Å². The van der Waals surface area contributed by atoms with Gasteiger partial charge in [-0.2, -0.15) is 5.10 Å². The Bertz CT molecular complexity index is 2170. The normalized spacial score (nSPS) is 13.5. The number of ether oxygens (including phenoxy) is 2. The number of nitrogens with zero attached hydrogens (tertiary/aromatic N) is 5. The van der Waals surface area contributed by atoms with Gasteiger partial charge in [0.05, 0.1) is 35.0 Å². The molecule has 10 heteroatoms. The van der Waals surface area contributed by atoms with E-state index in [2.05, 4.69) is 35.0 Å². The Morgan fingerprint density at radius 1 is 0.766 bits per heavy atom. The molecular formula is C37H32FN7O2. The number of rotatable bonds is 10. The SMILES string of the molecule is Fc1cc(OCCN2CCCC2)cc(-c2nccc3[nH]c(-c4n[nH]c5cnc(-c6cncc(OCc7ccccc7)c6)cc45)cc23)c1. The lowest BCUT2D eigenvalue weighted by molar-refractivity contribution is 0.237. The Balaban J connectivity index is 1.08. The summed E-state index contributed by atoms with van der Waals surface area (Å²) in [6.45, 7) is 3.98. The Hall–Kier alpha value is -5.61. The van der Waals surface area contributed by atoms with Crippen molar-refractivity contribution in [2.45, 2.75) is 19.4 Å². The van der Waals surface area contributed by atoms with Crippen LogP contribution in [-0.2, 0) is 6.61 Å². The van der Waals surface area contributed by atoms with Gasteiger partial charge in [0.2, 0.25) is 0 Å². The van der Waals surface area contributed by atoms with Crippen molar-refractivity contribution in [2.24, 2.45) is 0 Å². The highest BCUT2D eigenvalue weighted by atomic mass is 19.1. The lowest BCUT2D eigenvalue weighted by Gasteiger charge is -2.15. The van der Waals surface area contributed by atoms with E-state index < -0.39 is 0 Å². The number of nitrogens with one attached hydrogen (secondary N) is 2. The molecule has 9 nitrogen and oxygen atoms in total. The summed E-state index contributed by atoms with van der Waals surface area (Å²) >= 11 is 0. The van der Waals surface area contributed by atoms with E-state index >= 15 is 0 Å². The van der Waals surface area contributed by atoms with Gasteiger partial charge < -0.3 is 14.5 Å². The number of benzene rings is 2. The van der Waals surface area contributed by atoms with E-state index in [9.17, 15) is 4.39 Å². The van der Waals surface area contributed by atoms with Gasteiger partial charge in [-0.3, -0.25) is 25.0 Å². The van der Waals surface area contributed by atoms with Crippen LogP contribution >= 0.6 is 0 Å². The molecule has 7 aromatic rings. The van der Waals surface area contributed by atoms with Gasteiger partial charge in [-0.05, 0) is 67.9 Å². The van der Waals surface area contributed by atoms with E-state index in [1.807, 2.05) is 60.7 Å². The summed E-state index contributed by atoms with van der Waals surface area (Å²) in [5.41, 5.74) is 7.17. The van der Waals surface area contributed by atoms with Crippen molar-refractivity contribution in [1.82, 2.24) is 35.0 Å². The van der Waals surface area contributed by atoms with E-state index in [1.54, 1.807) is 24.8 Å². The standard InChI is InChI=1S/C37H32FN7O2/c38-27-14-25(15-28(17-27)46-13-12-45-10-4-5-11-45)36-30-19-34(42-32(30)8-9-40-36)37-31-18-33(41-22-35(31)43-44-37)26-16-29(21-39-20-26)47-23-24-6-2-1-3-7-24/h1-3,6-9,14-22,42H,4-5,10-13,23H2,(H,43,44). The molecule has 1 aliphatic rings. The maximum Gasteiger partial charge on any atom is 0.138 e. The quantitative estimate of drug-likeness (QED) is 0.163. The van der Waals surface area contributed by atoms with Gasteiger partial charge in [-0.25, -0.2) is 4.39 Å². The van der Waals surface area contributed by atoms with Crippen LogP contribution in [0.1, 0.15) is 18.4 Å². The summed E-state index contributed by atoms with van der Waals surface area (Å²) in [6, 6.07) is 22.6. The number of fused-ring (bicyclic) bond motifs is 2. The number of H-pyrrole nitrogens is 2. The molecule has 47 heavy (non-hydrogen) atoms. The topological polar surface area (TPSA) is 105 Å². The number of likely N-dealkylation sites (tertiary alicyclic amines) is 1. The number of pyridine rings is 3. The Morgan fingerprint density at radius 3 is 2.51 bits per heavy atom. The van der Waals surface area contributed by atoms with Gasteiger partial charge in [0.15, 0.2) is 0 Å². The number of halogens is 1. The summed E-state index contributed by atoms with van der Waals surface area (Å²) in [7, 11) is 0. The number of aromatic amines is 2. The van der Waals surface area contributed by atoms with Crippen LogP contribution in [0.3, 0.4) is 0 Å². The monoisotopic (exact) mass is 625 g/mol. The first kappa shape index (κ1) is 28.8. The third kappa shape index (κ3) is 6.15. The Morgan fingerprint density at radius 2 is 1.62 bits per heavy atom. The minimum absolute atomic E-state index is 0.365. The molecule has 2 N–H and O–H groups in total. The highest BCUT2D eigenvalue weighted by Crippen LogP contribution is 2.35. The molecule has 6 heterocycles. The lowest BCUT2D eigenvalue weighted by atomic mass is 10.1. The first-order valence-corrected chi connectivity index (χ1v) is 15.8. The van der Waals surface area contributed by atoms with Gasteiger partial charge >= 0.3 is 0 Å². The van der Waals surface area contributed by atoms with E-state index in [4.69, 9.17) is 9.47 Å². The summed E-state index contributed by atoms with van der Waals surface area (Å²) in [6.07, 6.45) is 9.41. The third-order valence-electron chi connectivity index (χ3n) is 8.53. The van der Waals surface area contributed by atoms with Crippen LogP contribution in [0.15, 0.2) is 97.6 Å². The number of aromatic nitrogens is 6. The summed E-state index contributed by atoms with van der Waals surface area (Å²) in [5, 5.41) is 9.48. The zero-order valence-electron chi connectivity index (χ0n) is 25.6. The fraction of sp³-hybridized carbons (Fsp3) is 0.189. The largest absolute Gasteiger partial charge is 0.492 e. The molecule has 1 saturated heterocycles. The molecule has 0 unspecified atom stereocenters. The van der Waals surface area contributed by atoms with E-state index in [0.717, 1.165) is 69.6 Å². The Labute approximate surface area is 270 Å². The summed E-state index contributed by atoms with van der Waals surface area (Å²) < 4.78 is 26.8. The second-order valence-electron chi connectivity index (χ2n) is 11.7. The van der Waals surface area contributed by atoms with Crippen LogP contribution in [0.25, 0.3) is 55.7 Å². The first-order valence-electron chi connectivity index (χ1n) is 15.8. The minimum Gasteiger partial charge on any atom is -0.492 e. The third-order valence-corrected chi connectivity index (χ3v) is 8.53. The van der Waals surface area contributed by atoms with Crippen LogP contribution in [0.4, 0.5) is 4.39 Å². The molecule has 1 fully saturated rings. The van der Waals surface area contributed by atoms with Gasteiger partial charge in [0.1, 0.15) is 36.2 Å². The van der Waals surface area contributed by atoms with Crippen molar-refractivity contribution in [1.29, 1.82) is 0 Å². The molecule has 0 radical (unpaired) electrons. The average Bonchev–Trinajstić information content (AvgIpc) is 3.87. The minimum atomic E-state index is -0.365. The van der Waals surface area contributed by atoms with Crippen LogP contribution < -0.4 is 9.47 Å². The lowest BCUT2D eigenvalue weighted by Crippen LogP contribution is -2.25. The maximum atomic E-state index is 14.8. The molecular weight excluding hydrogens is 593 g/mol. The van der Waals surface area contributed by atoms with Crippen molar-refractivity contribution in [3.63, 3.8) is 0 Å². The zero-order chi connectivity index (χ0) is 31.6. The number of hydrogen-bond acceptors (Lipinski definition) is 7. The second kappa shape index (κ2) is 12.6. The van der Waals surface area contributed by atoms with Gasteiger partial charge in [-0.1, -0.05) is 30.3 Å². The molecule has 0 saturated carbocycles. The van der Waals surface area contributed by atoms with E-state index in [-0.39, 0.29) is 5.82 Å². The molecule has 2 aromatic carbocycles. The van der Waals surface area contributed by atoms with E-state index in [1.165, 1.54) is 25.0 Å². The zero-order valence-corrected chi connectivity index (χ0v) is 25.6. The van der Waals surface area contributed by atoms with E-state index in [0.29, 0.717) is 36.0 Å². The average molecular weight is 626 g/mol. The smallest absolute Gasteiger partial charge is 0.138 e. The molecule has 0 bridgehead atoms. The van der Waals surface area contributed by atoms with Crippen LogP contribution in [0.5, 0.6) is 11.5 Å². The van der Waals surface area contributed by atoms with Gasteiger partial charge in [0, 0.05) is 52.4 Å². The van der Waals surface area contributed by atoms with Crippen LogP contribution in [-0.4, -0.2) is 61.3 Å². The molecule has 8 rings (SSSR count). The first-order chi connectivity index (χ1) is 23.2. The second-order valence-corrected chi connectivity index (χ2v) is 11.7. The molecule has 1 aliphatic heterocycles. The van der Waals surface area contributed by atoms with Crippen molar-refractivity contribution >= 4 is 21.8 Å². The fourth-order valence-electron chi connectivity index (χ4n) is 6.15. The van der Waals surface area contributed by atoms with Gasteiger partial charge in [0.25, 0.3) is 0 Å². The predicted octanol–water partition coefficient (Wildman–Crippen LogP) is 7.42. The molecule has 5 aromatic heterocycles. The summed E-state index contributed by atoms with van der Waals surface area (Å²) in [5.74, 6) is 0.792. The van der Waals surface area contributed by atoms with Crippen molar-refractivity contribution in [3.05, 3.63) is 109 Å². The maximum absolute atomic E-state index is 14.8. The van der Waals surface area contributed by atoms with Crippen LogP contribution in [0, 0.1) is 5.82 Å². The predicted molar refractivity (Wildman–Crippen MR) is 180 cm³/mol. The van der Waals surface area contributed by atoms with Crippen molar-refractivity contribution in [3.8, 4) is 45.4 Å². The molecule has 0 aliphatic carbocycles.